The highest BCUT2D eigenvalue weighted by Gasteiger charge is 2.26. The highest BCUT2D eigenvalue weighted by Crippen LogP contribution is 2.32. The second kappa shape index (κ2) is 5.85. The predicted molar refractivity (Wildman–Crippen MR) is 71.3 cm³/mol. The van der Waals surface area contributed by atoms with Crippen LogP contribution in [0.25, 0.3) is 0 Å². The summed E-state index contributed by atoms with van der Waals surface area (Å²) < 4.78 is 6.53. The molecule has 4 heteroatoms. The lowest BCUT2D eigenvalue weighted by molar-refractivity contribution is 0.133. The van der Waals surface area contributed by atoms with E-state index in [1.165, 1.54) is 0 Å². The summed E-state index contributed by atoms with van der Waals surface area (Å²) in [5.74, 6) is 0.775. The largest absolute Gasteiger partial charge is 0.493 e. The normalized spacial score (nSPS) is 21.5. The van der Waals surface area contributed by atoms with Crippen molar-refractivity contribution >= 4 is 15.9 Å². The summed E-state index contributed by atoms with van der Waals surface area (Å²) >= 11 is 3.44. The van der Waals surface area contributed by atoms with Crippen molar-refractivity contribution in [2.24, 2.45) is 0 Å². The predicted octanol–water partition coefficient (Wildman–Crippen LogP) is 2.63. The van der Waals surface area contributed by atoms with Gasteiger partial charge in [-0.2, -0.15) is 0 Å². The molecule has 94 valence electrons. The monoisotopic (exact) mass is 299 g/mol. The number of hydrogen-bond acceptors (Lipinski definition) is 3. The van der Waals surface area contributed by atoms with Gasteiger partial charge in [0.1, 0.15) is 5.75 Å². The van der Waals surface area contributed by atoms with Crippen molar-refractivity contribution < 1.29 is 9.84 Å². The second-order valence-electron chi connectivity index (χ2n) is 4.26. The molecule has 0 radical (unpaired) electrons. The number of benzene rings is 1. The van der Waals surface area contributed by atoms with E-state index in [9.17, 15) is 5.11 Å². The van der Waals surface area contributed by atoms with Crippen molar-refractivity contribution in [3.63, 3.8) is 0 Å². The number of aliphatic hydroxyl groups excluding tert-OH is 1. The Balaban J connectivity index is 2.24. The number of rotatable bonds is 4. The van der Waals surface area contributed by atoms with E-state index in [1.54, 1.807) is 0 Å². The van der Waals surface area contributed by atoms with E-state index in [2.05, 4.69) is 21.2 Å². The van der Waals surface area contributed by atoms with Crippen LogP contribution in [0, 0.1) is 0 Å². The van der Waals surface area contributed by atoms with Crippen LogP contribution in [-0.2, 0) is 0 Å². The van der Waals surface area contributed by atoms with Gasteiger partial charge in [0, 0.05) is 16.1 Å². The molecule has 0 amide bonds. The van der Waals surface area contributed by atoms with Gasteiger partial charge < -0.3 is 15.2 Å². The average molecular weight is 300 g/mol. The molecular weight excluding hydrogens is 282 g/mol. The molecular formula is C13H18BrNO2. The number of ether oxygens (including phenoxy) is 1. The van der Waals surface area contributed by atoms with Gasteiger partial charge in [0.2, 0.25) is 0 Å². The van der Waals surface area contributed by atoms with Gasteiger partial charge in [-0.25, -0.2) is 0 Å². The summed E-state index contributed by atoms with van der Waals surface area (Å²) in [6, 6.07) is 5.92. The van der Waals surface area contributed by atoms with E-state index in [0.717, 1.165) is 35.2 Å². The van der Waals surface area contributed by atoms with Gasteiger partial charge in [0.05, 0.1) is 12.7 Å². The van der Waals surface area contributed by atoms with E-state index in [-0.39, 0.29) is 6.04 Å². The lowest BCUT2D eigenvalue weighted by Crippen LogP contribution is -2.29. The van der Waals surface area contributed by atoms with Crippen molar-refractivity contribution in [3.05, 3.63) is 28.2 Å². The molecule has 1 aliphatic rings. The number of aliphatic hydroxyl groups is 1. The molecule has 2 unspecified atom stereocenters. The molecule has 1 heterocycles. The highest BCUT2D eigenvalue weighted by molar-refractivity contribution is 9.10. The highest BCUT2D eigenvalue weighted by atomic mass is 79.9. The Kier molecular flexibility index (Phi) is 4.42. The van der Waals surface area contributed by atoms with Gasteiger partial charge in [-0.3, -0.25) is 0 Å². The first-order chi connectivity index (χ1) is 8.22. The fourth-order valence-corrected chi connectivity index (χ4v) is 2.61. The zero-order chi connectivity index (χ0) is 12.3. The maximum Gasteiger partial charge on any atom is 0.125 e. The van der Waals surface area contributed by atoms with Crippen LogP contribution >= 0.6 is 15.9 Å². The quantitative estimate of drug-likeness (QED) is 0.898. The van der Waals surface area contributed by atoms with Crippen molar-refractivity contribution in [3.8, 4) is 5.75 Å². The van der Waals surface area contributed by atoms with Crippen LogP contribution in [0.3, 0.4) is 0 Å². The fraction of sp³-hybridized carbons (Fsp3) is 0.538. The summed E-state index contributed by atoms with van der Waals surface area (Å²) in [4.78, 5) is 0. The van der Waals surface area contributed by atoms with E-state index >= 15 is 0 Å². The Labute approximate surface area is 110 Å². The van der Waals surface area contributed by atoms with Crippen LogP contribution in [0.4, 0.5) is 0 Å². The maximum atomic E-state index is 10.4. The lowest BCUT2D eigenvalue weighted by atomic mass is 10.0. The van der Waals surface area contributed by atoms with Crippen LogP contribution in [-0.4, -0.2) is 24.3 Å². The average Bonchev–Trinajstić information content (AvgIpc) is 2.84. The number of nitrogens with one attached hydrogen (secondary N) is 1. The topological polar surface area (TPSA) is 41.5 Å². The van der Waals surface area contributed by atoms with E-state index in [4.69, 9.17) is 4.74 Å². The second-order valence-corrected chi connectivity index (χ2v) is 5.18. The smallest absolute Gasteiger partial charge is 0.125 e. The van der Waals surface area contributed by atoms with E-state index in [1.807, 2.05) is 25.1 Å². The first-order valence-electron chi connectivity index (χ1n) is 6.06. The minimum Gasteiger partial charge on any atom is -0.493 e. The van der Waals surface area contributed by atoms with Crippen LogP contribution in [0.15, 0.2) is 22.7 Å². The van der Waals surface area contributed by atoms with Crippen LogP contribution < -0.4 is 10.1 Å². The van der Waals surface area contributed by atoms with Crippen LogP contribution in [0.1, 0.15) is 31.4 Å². The summed E-state index contributed by atoms with van der Waals surface area (Å²) in [7, 11) is 0. The third-order valence-electron chi connectivity index (χ3n) is 3.07. The van der Waals surface area contributed by atoms with Gasteiger partial charge in [0.15, 0.2) is 0 Å². The summed E-state index contributed by atoms with van der Waals surface area (Å²) in [6.07, 6.45) is 1.63. The van der Waals surface area contributed by atoms with Crippen molar-refractivity contribution in [1.29, 1.82) is 0 Å². The van der Waals surface area contributed by atoms with Gasteiger partial charge in [-0.15, -0.1) is 0 Å². The molecule has 3 nitrogen and oxygen atoms in total. The molecule has 1 fully saturated rings. The molecule has 0 aliphatic carbocycles. The molecule has 1 aromatic carbocycles. The molecule has 1 aromatic rings. The Morgan fingerprint density at radius 2 is 2.41 bits per heavy atom. The molecule has 0 spiro atoms. The standard InChI is InChI=1S/C13H18BrNO2/c1-2-17-12-6-5-9(14)8-10(12)13(16)11-4-3-7-15-11/h5-6,8,11,13,15-16H,2-4,7H2,1H3. The van der Waals surface area contributed by atoms with E-state index in [0.29, 0.717) is 6.61 Å². The molecule has 0 saturated carbocycles. The van der Waals surface area contributed by atoms with Gasteiger partial charge >= 0.3 is 0 Å². The molecule has 0 bridgehead atoms. The molecule has 1 aliphatic heterocycles. The SMILES string of the molecule is CCOc1ccc(Br)cc1C(O)C1CCCN1. The van der Waals surface area contributed by atoms with Crippen molar-refractivity contribution in [1.82, 2.24) is 5.32 Å². The van der Waals surface area contributed by atoms with Gasteiger partial charge in [0.25, 0.3) is 0 Å². The Morgan fingerprint density at radius 1 is 1.59 bits per heavy atom. The first-order valence-corrected chi connectivity index (χ1v) is 6.85. The summed E-state index contributed by atoms with van der Waals surface area (Å²) in [5.41, 5.74) is 0.862. The maximum absolute atomic E-state index is 10.4. The Bertz CT molecular complexity index is 378. The third-order valence-corrected chi connectivity index (χ3v) is 3.56. The molecule has 2 N–H and O–H groups in total. The number of hydrogen-bond donors (Lipinski definition) is 2. The lowest BCUT2D eigenvalue weighted by Gasteiger charge is -2.21. The zero-order valence-electron chi connectivity index (χ0n) is 9.95. The molecule has 0 aromatic heterocycles. The van der Waals surface area contributed by atoms with Gasteiger partial charge in [-0.1, -0.05) is 15.9 Å². The molecule has 2 rings (SSSR count). The molecule has 1 saturated heterocycles. The minimum absolute atomic E-state index is 0.142. The third kappa shape index (κ3) is 3.00. The first kappa shape index (κ1) is 12.9. The molecule has 2 atom stereocenters. The summed E-state index contributed by atoms with van der Waals surface area (Å²) in [5, 5.41) is 13.7. The summed E-state index contributed by atoms with van der Waals surface area (Å²) in [6.45, 7) is 3.55. The molecule has 17 heavy (non-hydrogen) atoms. The van der Waals surface area contributed by atoms with E-state index < -0.39 is 6.10 Å². The Morgan fingerprint density at radius 3 is 3.06 bits per heavy atom. The Hall–Kier alpha value is -0.580. The minimum atomic E-state index is -0.503. The fourth-order valence-electron chi connectivity index (χ4n) is 2.24. The number of halogens is 1. The van der Waals surface area contributed by atoms with Crippen LogP contribution in [0.5, 0.6) is 5.75 Å². The van der Waals surface area contributed by atoms with Crippen molar-refractivity contribution in [2.75, 3.05) is 13.2 Å². The zero-order valence-corrected chi connectivity index (χ0v) is 11.5. The van der Waals surface area contributed by atoms with Gasteiger partial charge in [-0.05, 0) is 44.5 Å². The van der Waals surface area contributed by atoms with Crippen molar-refractivity contribution in [2.45, 2.75) is 31.9 Å². The van der Waals surface area contributed by atoms with Crippen LogP contribution in [0.2, 0.25) is 0 Å².